The average Bonchev–Trinajstić information content (AvgIpc) is 2.92. The third-order valence-electron chi connectivity index (χ3n) is 3.59. The molecule has 0 saturated heterocycles. The number of hydrogen-bond donors (Lipinski definition) is 1. The third kappa shape index (κ3) is 3.08. The zero-order valence-corrected chi connectivity index (χ0v) is 12.9. The molecule has 0 aromatic heterocycles. The van der Waals surface area contributed by atoms with Crippen molar-refractivity contribution < 1.29 is 9.47 Å². The summed E-state index contributed by atoms with van der Waals surface area (Å²) in [5.41, 5.74) is 3.42. The summed E-state index contributed by atoms with van der Waals surface area (Å²) < 4.78 is 10.7. The van der Waals surface area contributed by atoms with Crippen LogP contribution in [0, 0.1) is 0 Å². The van der Waals surface area contributed by atoms with E-state index in [4.69, 9.17) is 21.1 Å². The van der Waals surface area contributed by atoms with Crippen molar-refractivity contribution in [2.45, 2.75) is 26.3 Å². The van der Waals surface area contributed by atoms with Crippen molar-refractivity contribution in [1.29, 1.82) is 0 Å². The normalized spacial score (nSPS) is 12.8. The zero-order valence-electron chi connectivity index (χ0n) is 12.2. The van der Waals surface area contributed by atoms with Crippen LogP contribution in [0.15, 0.2) is 36.4 Å². The molecular formula is C17H18ClNO2. The minimum Gasteiger partial charge on any atom is -0.454 e. The highest BCUT2D eigenvalue weighted by Crippen LogP contribution is 2.39. The molecule has 0 radical (unpaired) electrons. The van der Waals surface area contributed by atoms with E-state index < -0.39 is 0 Å². The Morgan fingerprint density at radius 2 is 1.76 bits per heavy atom. The summed E-state index contributed by atoms with van der Waals surface area (Å²) in [6.45, 7) is 5.36. The van der Waals surface area contributed by atoms with Gasteiger partial charge in [0, 0.05) is 18.7 Å². The number of halogens is 1. The molecule has 110 valence electrons. The van der Waals surface area contributed by atoms with Gasteiger partial charge in [0.2, 0.25) is 6.79 Å². The van der Waals surface area contributed by atoms with Crippen molar-refractivity contribution >= 4 is 17.3 Å². The highest BCUT2D eigenvalue weighted by Gasteiger charge is 2.16. The van der Waals surface area contributed by atoms with Gasteiger partial charge in [0.15, 0.2) is 11.5 Å². The maximum Gasteiger partial charge on any atom is 0.231 e. The van der Waals surface area contributed by atoms with Crippen LogP contribution in [-0.4, -0.2) is 6.79 Å². The first-order valence-electron chi connectivity index (χ1n) is 7.05. The lowest BCUT2D eigenvalue weighted by molar-refractivity contribution is 0.174. The van der Waals surface area contributed by atoms with Crippen molar-refractivity contribution in [2.24, 2.45) is 0 Å². The molecule has 3 nitrogen and oxygen atoms in total. The maximum atomic E-state index is 6.24. The predicted molar refractivity (Wildman–Crippen MR) is 85.4 cm³/mol. The van der Waals surface area contributed by atoms with Crippen LogP contribution >= 0.6 is 11.6 Å². The summed E-state index contributed by atoms with van der Waals surface area (Å²) in [6.07, 6.45) is 0. The molecule has 0 saturated carbocycles. The Kier molecular flexibility index (Phi) is 3.93. The molecule has 4 heteroatoms. The number of fused-ring (bicyclic) bond motifs is 1. The Labute approximate surface area is 129 Å². The van der Waals surface area contributed by atoms with Gasteiger partial charge in [-0.2, -0.15) is 0 Å². The second-order valence-corrected chi connectivity index (χ2v) is 5.84. The molecule has 21 heavy (non-hydrogen) atoms. The Bertz CT molecular complexity index is 638. The fraction of sp³-hybridized carbons (Fsp3) is 0.294. The lowest BCUT2D eigenvalue weighted by atomic mass is 10.0. The van der Waals surface area contributed by atoms with E-state index in [0.29, 0.717) is 16.7 Å². The van der Waals surface area contributed by atoms with Gasteiger partial charge in [-0.25, -0.2) is 0 Å². The van der Waals surface area contributed by atoms with Crippen molar-refractivity contribution in [3.63, 3.8) is 0 Å². The number of benzene rings is 2. The van der Waals surface area contributed by atoms with Crippen molar-refractivity contribution in [3.05, 3.63) is 52.5 Å². The molecule has 0 amide bonds. The second-order valence-electron chi connectivity index (χ2n) is 5.44. The minimum atomic E-state index is 0.256. The van der Waals surface area contributed by atoms with E-state index in [0.717, 1.165) is 18.0 Å². The van der Waals surface area contributed by atoms with Crippen LogP contribution < -0.4 is 14.8 Å². The first-order chi connectivity index (χ1) is 10.1. The fourth-order valence-electron chi connectivity index (χ4n) is 2.27. The van der Waals surface area contributed by atoms with Gasteiger partial charge in [-0.3, -0.25) is 0 Å². The Balaban J connectivity index is 1.70. The molecule has 0 bridgehead atoms. The third-order valence-corrected chi connectivity index (χ3v) is 3.90. The van der Waals surface area contributed by atoms with Gasteiger partial charge >= 0.3 is 0 Å². The van der Waals surface area contributed by atoms with E-state index in [1.807, 2.05) is 6.07 Å². The fourth-order valence-corrected chi connectivity index (χ4v) is 2.49. The first kappa shape index (κ1) is 14.1. The van der Waals surface area contributed by atoms with Crippen molar-refractivity contribution in [3.8, 4) is 11.5 Å². The summed E-state index contributed by atoms with van der Waals surface area (Å²) >= 11 is 6.24. The summed E-state index contributed by atoms with van der Waals surface area (Å²) in [5, 5.41) is 3.98. The molecule has 0 fully saturated rings. The van der Waals surface area contributed by atoms with E-state index in [-0.39, 0.29) is 6.79 Å². The molecule has 1 aliphatic rings. The van der Waals surface area contributed by atoms with Gasteiger partial charge in [-0.1, -0.05) is 49.7 Å². The van der Waals surface area contributed by atoms with Gasteiger partial charge in [-0.15, -0.1) is 0 Å². The highest BCUT2D eigenvalue weighted by molar-refractivity contribution is 6.33. The summed E-state index contributed by atoms with van der Waals surface area (Å²) in [4.78, 5) is 0. The standard InChI is InChI=1S/C17H18ClNO2/c1-11(2)13-5-3-12(4-6-13)9-19-15-8-17-16(7-14(15)18)20-10-21-17/h3-8,11,19H,9-10H2,1-2H3. The van der Waals surface area contributed by atoms with Gasteiger partial charge < -0.3 is 14.8 Å². The molecule has 1 aliphatic heterocycles. The van der Waals surface area contributed by atoms with Gasteiger partial charge in [0.05, 0.1) is 10.7 Å². The Hall–Kier alpha value is -1.87. The largest absolute Gasteiger partial charge is 0.454 e. The number of rotatable bonds is 4. The molecule has 2 aromatic rings. The summed E-state index contributed by atoms with van der Waals surface area (Å²) in [5.74, 6) is 1.99. The van der Waals surface area contributed by atoms with E-state index in [2.05, 4.69) is 43.4 Å². The molecule has 0 atom stereocenters. The topological polar surface area (TPSA) is 30.5 Å². The zero-order chi connectivity index (χ0) is 14.8. The number of nitrogens with one attached hydrogen (secondary N) is 1. The molecular weight excluding hydrogens is 286 g/mol. The first-order valence-corrected chi connectivity index (χ1v) is 7.43. The lowest BCUT2D eigenvalue weighted by Gasteiger charge is -2.11. The number of ether oxygens (including phenoxy) is 2. The van der Waals surface area contributed by atoms with Crippen LogP contribution in [0.1, 0.15) is 30.9 Å². The van der Waals surface area contributed by atoms with Crippen LogP contribution in [0.4, 0.5) is 5.69 Å². The molecule has 3 rings (SSSR count). The van der Waals surface area contributed by atoms with E-state index in [1.165, 1.54) is 11.1 Å². The van der Waals surface area contributed by atoms with Gasteiger partial charge in [0.1, 0.15) is 0 Å². The smallest absolute Gasteiger partial charge is 0.231 e. The van der Waals surface area contributed by atoms with Crippen LogP contribution in [0.5, 0.6) is 11.5 Å². The quantitative estimate of drug-likeness (QED) is 0.879. The second kappa shape index (κ2) is 5.86. The maximum absolute atomic E-state index is 6.24. The highest BCUT2D eigenvalue weighted by atomic mass is 35.5. The predicted octanol–water partition coefficient (Wildman–Crippen LogP) is 4.80. The Morgan fingerprint density at radius 3 is 2.43 bits per heavy atom. The number of hydrogen-bond acceptors (Lipinski definition) is 3. The molecule has 0 unspecified atom stereocenters. The van der Waals surface area contributed by atoms with Crippen LogP contribution in [0.25, 0.3) is 0 Å². The average molecular weight is 304 g/mol. The Morgan fingerprint density at radius 1 is 1.10 bits per heavy atom. The van der Waals surface area contributed by atoms with Gasteiger partial charge in [0.25, 0.3) is 0 Å². The molecule has 0 aliphatic carbocycles. The van der Waals surface area contributed by atoms with E-state index in [9.17, 15) is 0 Å². The lowest BCUT2D eigenvalue weighted by Crippen LogP contribution is -2.00. The SMILES string of the molecule is CC(C)c1ccc(CNc2cc3c(cc2Cl)OCO3)cc1. The van der Waals surface area contributed by atoms with E-state index in [1.54, 1.807) is 6.07 Å². The van der Waals surface area contributed by atoms with Crippen molar-refractivity contribution in [2.75, 3.05) is 12.1 Å². The minimum absolute atomic E-state index is 0.256. The van der Waals surface area contributed by atoms with Crippen LogP contribution in [0.2, 0.25) is 5.02 Å². The van der Waals surface area contributed by atoms with Crippen LogP contribution in [0.3, 0.4) is 0 Å². The molecule has 0 spiro atoms. The molecule has 1 N–H and O–H groups in total. The van der Waals surface area contributed by atoms with Crippen LogP contribution in [-0.2, 0) is 6.54 Å². The van der Waals surface area contributed by atoms with Crippen molar-refractivity contribution in [1.82, 2.24) is 0 Å². The number of anilines is 1. The molecule has 2 aromatic carbocycles. The molecule has 1 heterocycles. The summed E-state index contributed by atoms with van der Waals surface area (Å²) in [6, 6.07) is 12.3. The van der Waals surface area contributed by atoms with E-state index >= 15 is 0 Å². The monoisotopic (exact) mass is 303 g/mol. The summed E-state index contributed by atoms with van der Waals surface area (Å²) in [7, 11) is 0. The van der Waals surface area contributed by atoms with Gasteiger partial charge in [-0.05, 0) is 17.0 Å².